The average molecular weight is 719 g/mol. The molecule has 0 heterocycles. The highest BCUT2D eigenvalue weighted by molar-refractivity contribution is 5.71. The molecule has 6 nitrogen and oxygen atoms in total. The van der Waals surface area contributed by atoms with Crippen LogP contribution in [0.15, 0.2) is 24.3 Å². The van der Waals surface area contributed by atoms with Crippen molar-refractivity contribution in [2.45, 2.75) is 232 Å². The van der Waals surface area contributed by atoms with Gasteiger partial charge in [0.15, 0.2) is 6.10 Å². The topological polar surface area (TPSA) is 78.9 Å². The van der Waals surface area contributed by atoms with Crippen LogP contribution in [0.25, 0.3) is 0 Å². The van der Waals surface area contributed by atoms with E-state index in [0.717, 1.165) is 83.5 Å². The molecule has 0 bridgehead atoms. The third kappa shape index (κ3) is 38.9. The fourth-order valence-electron chi connectivity index (χ4n) is 6.13. The molecule has 0 aromatic carbocycles. The molecular weight excluding hydrogens is 636 g/mol. The SMILES string of the molecule is CCC/C=C\C/C=C\CCCCCCCC(=O)OCC(COC(=O)CCCCCCCCCCCC)OC(=O)CCCCCCCCCCCC. The number of ether oxygens (including phenoxy) is 3. The highest BCUT2D eigenvalue weighted by Gasteiger charge is 2.19. The largest absolute Gasteiger partial charge is 0.462 e. The van der Waals surface area contributed by atoms with Crippen molar-refractivity contribution in [3.63, 3.8) is 0 Å². The summed E-state index contributed by atoms with van der Waals surface area (Å²) < 4.78 is 16.6. The molecule has 0 radical (unpaired) electrons. The van der Waals surface area contributed by atoms with Crippen molar-refractivity contribution in [1.82, 2.24) is 0 Å². The van der Waals surface area contributed by atoms with Gasteiger partial charge >= 0.3 is 17.9 Å². The van der Waals surface area contributed by atoms with Crippen molar-refractivity contribution in [2.75, 3.05) is 13.2 Å². The van der Waals surface area contributed by atoms with Crippen molar-refractivity contribution in [2.24, 2.45) is 0 Å². The van der Waals surface area contributed by atoms with E-state index in [1.54, 1.807) is 0 Å². The van der Waals surface area contributed by atoms with Gasteiger partial charge in [-0.3, -0.25) is 14.4 Å². The molecule has 0 amide bonds. The Balaban J connectivity index is 4.36. The number of carbonyl (C=O) groups is 3. The van der Waals surface area contributed by atoms with Crippen molar-refractivity contribution in [3.8, 4) is 0 Å². The van der Waals surface area contributed by atoms with Crippen molar-refractivity contribution < 1.29 is 28.6 Å². The van der Waals surface area contributed by atoms with Crippen molar-refractivity contribution >= 4 is 17.9 Å². The zero-order valence-corrected chi connectivity index (χ0v) is 33.9. The molecule has 6 heteroatoms. The number of unbranched alkanes of at least 4 members (excludes halogenated alkanes) is 24. The number of esters is 3. The fraction of sp³-hybridized carbons (Fsp3) is 0.844. The van der Waals surface area contributed by atoms with Crippen LogP contribution >= 0.6 is 0 Å². The standard InChI is InChI=1S/C45H82O6/c1-4-7-10-13-16-19-22-23-24-27-29-32-35-38-44(47)50-41-42(51-45(48)39-36-33-30-26-21-18-15-12-9-6-3)40-49-43(46)37-34-31-28-25-20-17-14-11-8-5-2/h10,13,19,22,42H,4-9,11-12,14-18,20-21,23-41H2,1-3H3/b13-10-,22-19-. The average Bonchev–Trinajstić information content (AvgIpc) is 3.12. The molecule has 0 saturated carbocycles. The zero-order chi connectivity index (χ0) is 37.3. The van der Waals surface area contributed by atoms with Crippen LogP contribution in [0.5, 0.6) is 0 Å². The van der Waals surface area contributed by atoms with E-state index in [2.05, 4.69) is 45.1 Å². The fourth-order valence-corrected chi connectivity index (χ4v) is 6.13. The summed E-state index contributed by atoms with van der Waals surface area (Å²) in [6.07, 6.45) is 43.0. The molecule has 1 atom stereocenters. The molecule has 1 unspecified atom stereocenters. The van der Waals surface area contributed by atoms with Gasteiger partial charge < -0.3 is 14.2 Å². The molecule has 0 rings (SSSR count). The summed E-state index contributed by atoms with van der Waals surface area (Å²) in [6.45, 7) is 6.53. The second-order valence-corrected chi connectivity index (χ2v) is 14.6. The smallest absolute Gasteiger partial charge is 0.306 e. The molecule has 0 aliphatic heterocycles. The number of hydrogen-bond acceptors (Lipinski definition) is 6. The predicted molar refractivity (Wildman–Crippen MR) is 215 cm³/mol. The molecule has 298 valence electrons. The van der Waals surface area contributed by atoms with E-state index in [1.807, 2.05) is 0 Å². The van der Waals surface area contributed by atoms with Crippen LogP contribution < -0.4 is 0 Å². The van der Waals surface area contributed by atoms with Crippen LogP contribution in [0.4, 0.5) is 0 Å². The van der Waals surface area contributed by atoms with Gasteiger partial charge in [-0.05, 0) is 44.9 Å². The maximum Gasteiger partial charge on any atom is 0.306 e. The Morgan fingerprint density at radius 1 is 0.392 bits per heavy atom. The lowest BCUT2D eigenvalue weighted by Gasteiger charge is -2.18. The summed E-state index contributed by atoms with van der Waals surface area (Å²) >= 11 is 0. The van der Waals surface area contributed by atoms with Crippen LogP contribution in [-0.4, -0.2) is 37.2 Å². The van der Waals surface area contributed by atoms with Gasteiger partial charge in [0.2, 0.25) is 0 Å². The summed E-state index contributed by atoms with van der Waals surface area (Å²) in [6, 6.07) is 0. The molecule has 0 N–H and O–H groups in total. The van der Waals surface area contributed by atoms with Gasteiger partial charge in [-0.2, -0.15) is 0 Å². The summed E-state index contributed by atoms with van der Waals surface area (Å²) in [5.74, 6) is -0.887. The van der Waals surface area contributed by atoms with Crippen molar-refractivity contribution in [1.29, 1.82) is 0 Å². The monoisotopic (exact) mass is 719 g/mol. The van der Waals surface area contributed by atoms with Gasteiger partial charge in [0, 0.05) is 19.3 Å². The van der Waals surface area contributed by atoms with Gasteiger partial charge in [0.25, 0.3) is 0 Å². The van der Waals surface area contributed by atoms with E-state index in [-0.39, 0.29) is 31.1 Å². The molecule has 0 spiro atoms. The van der Waals surface area contributed by atoms with Gasteiger partial charge in [0.1, 0.15) is 13.2 Å². The normalized spacial score (nSPS) is 12.1. The predicted octanol–water partition coefficient (Wildman–Crippen LogP) is 13.6. The van der Waals surface area contributed by atoms with Crippen molar-refractivity contribution in [3.05, 3.63) is 24.3 Å². The Morgan fingerprint density at radius 3 is 1.16 bits per heavy atom. The van der Waals surface area contributed by atoms with Gasteiger partial charge in [-0.1, -0.05) is 186 Å². The summed E-state index contributed by atoms with van der Waals surface area (Å²) in [5.41, 5.74) is 0. The molecule has 0 aromatic rings. The number of carbonyl (C=O) groups excluding carboxylic acids is 3. The summed E-state index contributed by atoms with van der Waals surface area (Å²) in [7, 11) is 0. The van der Waals surface area contributed by atoms with Gasteiger partial charge in [-0.15, -0.1) is 0 Å². The van der Waals surface area contributed by atoms with Gasteiger partial charge in [0.05, 0.1) is 0 Å². The number of hydrogen-bond donors (Lipinski definition) is 0. The Kier molecular flexibility index (Phi) is 39.0. The minimum Gasteiger partial charge on any atom is -0.462 e. The minimum absolute atomic E-state index is 0.0723. The van der Waals surface area contributed by atoms with Crippen LogP contribution in [0.1, 0.15) is 226 Å². The molecule has 0 fully saturated rings. The van der Waals surface area contributed by atoms with E-state index in [9.17, 15) is 14.4 Å². The van der Waals surface area contributed by atoms with Crippen LogP contribution in [0.3, 0.4) is 0 Å². The first-order chi connectivity index (χ1) is 25.0. The quantitative estimate of drug-likeness (QED) is 0.0272. The molecule has 0 aliphatic rings. The van der Waals surface area contributed by atoms with E-state index in [0.29, 0.717) is 19.3 Å². The lowest BCUT2D eigenvalue weighted by Crippen LogP contribution is -2.30. The van der Waals surface area contributed by atoms with E-state index in [4.69, 9.17) is 14.2 Å². The highest BCUT2D eigenvalue weighted by atomic mass is 16.6. The van der Waals surface area contributed by atoms with Gasteiger partial charge in [-0.25, -0.2) is 0 Å². The number of allylic oxidation sites excluding steroid dienone is 4. The number of rotatable bonds is 39. The maximum atomic E-state index is 12.6. The van der Waals surface area contributed by atoms with Crippen LogP contribution in [-0.2, 0) is 28.6 Å². The van der Waals surface area contributed by atoms with E-state index < -0.39 is 6.10 Å². The second-order valence-electron chi connectivity index (χ2n) is 14.6. The first kappa shape index (κ1) is 48.9. The Morgan fingerprint density at radius 2 is 0.745 bits per heavy atom. The maximum absolute atomic E-state index is 12.6. The van der Waals surface area contributed by atoms with E-state index >= 15 is 0 Å². The van der Waals surface area contributed by atoms with Crippen LogP contribution in [0.2, 0.25) is 0 Å². The first-order valence-electron chi connectivity index (χ1n) is 21.8. The Labute approximate surface area is 315 Å². The first-order valence-corrected chi connectivity index (χ1v) is 21.8. The van der Waals surface area contributed by atoms with Crippen LogP contribution in [0, 0.1) is 0 Å². The summed E-state index contributed by atoms with van der Waals surface area (Å²) in [5, 5.41) is 0. The highest BCUT2D eigenvalue weighted by Crippen LogP contribution is 2.14. The summed E-state index contributed by atoms with van der Waals surface area (Å²) in [4.78, 5) is 37.6. The molecule has 0 saturated heterocycles. The lowest BCUT2D eigenvalue weighted by atomic mass is 10.1. The molecule has 0 aliphatic carbocycles. The molecular formula is C45H82O6. The Hall–Kier alpha value is -2.11. The molecule has 51 heavy (non-hydrogen) atoms. The Bertz CT molecular complexity index is 835. The second kappa shape index (κ2) is 40.7. The zero-order valence-electron chi connectivity index (χ0n) is 33.9. The molecule has 0 aromatic heterocycles. The third-order valence-corrected chi connectivity index (χ3v) is 9.44. The lowest BCUT2D eigenvalue weighted by molar-refractivity contribution is -0.167. The van der Waals surface area contributed by atoms with E-state index in [1.165, 1.54) is 103 Å². The third-order valence-electron chi connectivity index (χ3n) is 9.44. The minimum atomic E-state index is -0.767.